The van der Waals surface area contributed by atoms with E-state index in [0.29, 0.717) is 29.2 Å². The lowest BCUT2D eigenvalue weighted by Gasteiger charge is -2.32. The number of ketones is 1. The summed E-state index contributed by atoms with van der Waals surface area (Å²) in [5.74, 6) is 2.91. The summed E-state index contributed by atoms with van der Waals surface area (Å²) < 4.78 is 8.86. The highest BCUT2D eigenvalue weighted by Crippen LogP contribution is 2.41. The fraction of sp³-hybridized carbons (Fsp3) is 0.161. The van der Waals surface area contributed by atoms with Crippen LogP contribution in [0.1, 0.15) is 36.4 Å². The third-order valence-electron chi connectivity index (χ3n) is 7.17. The first-order valence-corrected chi connectivity index (χ1v) is 14.9. The van der Waals surface area contributed by atoms with E-state index >= 15 is 0 Å². The molecule has 0 spiro atoms. The number of benzene rings is 3. The van der Waals surface area contributed by atoms with Crippen LogP contribution in [0.25, 0.3) is 22.8 Å². The number of nitrogens with one attached hydrogen (secondary N) is 1. The van der Waals surface area contributed by atoms with Gasteiger partial charge in [-0.3, -0.25) is 4.79 Å². The minimum Gasteiger partial charge on any atom is -0.436 e. The van der Waals surface area contributed by atoms with Gasteiger partial charge in [-0.05, 0) is 48.2 Å². The molecular formula is C31H24BrN5O2S. The van der Waals surface area contributed by atoms with Crippen LogP contribution in [-0.4, -0.2) is 25.5 Å². The minimum absolute atomic E-state index is 0.180. The third-order valence-corrected chi connectivity index (χ3v) is 8.60. The molecule has 198 valence electrons. The van der Waals surface area contributed by atoms with E-state index in [4.69, 9.17) is 14.5 Å². The molecule has 40 heavy (non-hydrogen) atoms. The summed E-state index contributed by atoms with van der Waals surface area (Å²) in [5.41, 5.74) is 5.86. The highest BCUT2D eigenvalue weighted by Gasteiger charge is 2.36. The molecule has 1 atom stereocenters. The molecule has 0 saturated heterocycles. The van der Waals surface area contributed by atoms with Crippen molar-refractivity contribution in [3.05, 3.63) is 112 Å². The molecule has 1 N–H and O–H groups in total. The number of aromatic nitrogens is 4. The molecule has 9 heteroatoms. The second-order valence-corrected chi connectivity index (χ2v) is 11.7. The van der Waals surface area contributed by atoms with Crippen LogP contribution in [0.4, 0.5) is 5.95 Å². The lowest BCUT2D eigenvalue weighted by Crippen LogP contribution is -2.31. The molecule has 1 aliphatic heterocycles. The van der Waals surface area contributed by atoms with Gasteiger partial charge in [-0.2, -0.15) is 4.98 Å². The summed E-state index contributed by atoms with van der Waals surface area (Å²) in [5, 5.41) is 8.93. The summed E-state index contributed by atoms with van der Waals surface area (Å²) in [6, 6.07) is 26.0. The maximum absolute atomic E-state index is 13.0. The Balaban J connectivity index is 1.09. The van der Waals surface area contributed by atoms with Crippen molar-refractivity contribution < 1.29 is 9.21 Å². The van der Waals surface area contributed by atoms with Crippen molar-refractivity contribution in [1.29, 1.82) is 0 Å². The first-order valence-electron chi connectivity index (χ1n) is 13.1. The third kappa shape index (κ3) is 4.80. The molecule has 2 aromatic heterocycles. The van der Waals surface area contributed by atoms with Crippen molar-refractivity contribution in [3.63, 3.8) is 0 Å². The molecule has 7 nitrogen and oxygen atoms in total. The number of anilines is 1. The lowest BCUT2D eigenvalue weighted by atomic mass is 9.85. The average Bonchev–Trinajstić information content (AvgIpc) is 3.64. The van der Waals surface area contributed by atoms with Crippen LogP contribution in [0.3, 0.4) is 0 Å². The Bertz CT molecular complexity index is 1730. The van der Waals surface area contributed by atoms with E-state index in [9.17, 15) is 4.79 Å². The van der Waals surface area contributed by atoms with Gasteiger partial charge in [0.2, 0.25) is 17.0 Å². The maximum Gasteiger partial charge on any atom is 0.227 e. The zero-order chi connectivity index (χ0) is 27.1. The van der Waals surface area contributed by atoms with Crippen molar-refractivity contribution in [2.45, 2.75) is 36.2 Å². The maximum atomic E-state index is 13.0. The average molecular weight is 611 g/mol. The van der Waals surface area contributed by atoms with Crippen LogP contribution in [0, 0.1) is 0 Å². The molecule has 0 unspecified atom stereocenters. The Morgan fingerprint density at radius 3 is 2.58 bits per heavy atom. The van der Waals surface area contributed by atoms with Gasteiger partial charge >= 0.3 is 0 Å². The number of carbonyl (C=O) groups is 1. The molecule has 5 aromatic rings. The predicted molar refractivity (Wildman–Crippen MR) is 159 cm³/mol. The van der Waals surface area contributed by atoms with Crippen LogP contribution < -0.4 is 5.32 Å². The largest absolute Gasteiger partial charge is 0.436 e. The Labute approximate surface area is 243 Å². The second kappa shape index (κ2) is 10.6. The fourth-order valence-corrected chi connectivity index (χ4v) is 6.24. The fourth-order valence-electron chi connectivity index (χ4n) is 5.19. The minimum atomic E-state index is -0.283. The normalized spacial score (nSPS) is 16.4. The molecule has 3 heterocycles. The van der Waals surface area contributed by atoms with E-state index in [0.717, 1.165) is 56.6 Å². The summed E-state index contributed by atoms with van der Waals surface area (Å²) in [7, 11) is 0. The first kappa shape index (κ1) is 25.0. The van der Waals surface area contributed by atoms with Gasteiger partial charge in [0.1, 0.15) is 6.04 Å². The van der Waals surface area contributed by atoms with Crippen molar-refractivity contribution in [3.8, 4) is 22.8 Å². The van der Waals surface area contributed by atoms with Crippen molar-refractivity contribution in [1.82, 2.24) is 19.7 Å². The SMILES string of the molecule is O=C1CCCC2=C1[C@@H](c1ccc(Br)cc1)n1nc(SCc3ccc(-c4ncc(-c5ccccc5)o4)cc3)nc1N2. The van der Waals surface area contributed by atoms with Crippen LogP contribution in [0.15, 0.2) is 110 Å². The number of Topliss-reactive ketones (excluding diaryl/α,β-unsaturated/α-hetero) is 1. The van der Waals surface area contributed by atoms with Crippen LogP contribution in [-0.2, 0) is 10.5 Å². The molecule has 0 fully saturated rings. The van der Waals surface area contributed by atoms with Gasteiger partial charge in [0.05, 0.1) is 6.20 Å². The summed E-state index contributed by atoms with van der Waals surface area (Å²) in [4.78, 5) is 22.3. The number of allylic oxidation sites excluding steroid dienone is 2. The van der Waals surface area contributed by atoms with E-state index in [2.05, 4.69) is 38.4 Å². The Kier molecular flexibility index (Phi) is 6.61. The van der Waals surface area contributed by atoms with Crippen LogP contribution >= 0.6 is 27.7 Å². The number of rotatable bonds is 6. The number of oxazole rings is 1. The number of carbonyl (C=O) groups excluding carboxylic acids is 1. The van der Waals surface area contributed by atoms with E-state index in [-0.39, 0.29) is 11.8 Å². The molecule has 0 saturated carbocycles. The molecule has 1 aliphatic carbocycles. The predicted octanol–water partition coefficient (Wildman–Crippen LogP) is 7.68. The van der Waals surface area contributed by atoms with Crippen molar-refractivity contribution in [2.24, 2.45) is 0 Å². The Morgan fingerprint density at radius 2 is 1.77 bits per heavy atom. The summed E-state index contributed by atoms with van der Waals surface area (Å²) in [6.45, 7) is 0. The number of halogens is 1. The van der Waals surface area contributed by atoms with E-state index < -0.39 is 0 Å². The van der Waals surface area contributed by atoms with Gasteiger partial charge in [0, 0.05) is 39.0 Å². The molecular weight excluding hydrogens is 586 g/mol. The molecule has 3 aromatic carbocycles. The summed E-state index contributed by atoms with van der Waals surface area (Å²) in [6.07, 6.45) is 4.02. The lowest BCUT2D eigenvalue weighted by molar-refractivity contribution is -0.116. The van der Waals surface area contributed by atoms with E-state index in [1.807, 2.05) is 71.4 Å². The monoisotopic (exact) mass is 609 g/mol. The van der Waals surface area contributed by atoms with Gasteiger partial charge in [0.15, 0.2) is 11.5 Å². The van der Waals surface area contributed by atoms with Crippen molar-refractivity contribution >= 4 is 39.4 Å². The van der Waals surface area contributed by atoms with Crippen molar-refractivity contribution in [2.75, 3.05) is 5.32 Å². The molecule has 0 amide bonds. The first-order chi connectivity index (χ1) is 19.6. The Morgan fingerprint density at radius 1 is 0.975 bits per heavy atom. The quantitative estimate of drug-likeness (QED) is 0.198. The zero-order valence-corrected chi connectivity index (χ0v) is 23.8. The van der Waals surface area contributed by atoms with Gasteiger partial charge in [-0.1, -0.05) is 82.3 Å². The van der Waals surface area contributed by atoms with Gasteiger partial charge in [0.25, 0.3) is 0 Å². The standard InChI is InChI=1S/C31H24BrN5O2S/c32-23-15-13-21(14-16-23)28-27-24(7-4-8-25(27)38)34-30-35-31(36-37(28)30)40-18-19-9-11-22(12-10-19)29-33-17-26(39-29)20-5-2-1-3-6-20/h1-3,5-6,9-17,28H,4,7-8,18H2,(H,34,35,36)/t28-/m1/s1. The Hall–Kier alpha value is -3.95. The number of hydrogen-bond donors (Lipinski definition) is 1. The van der Waals surface area contributed by atoms with Gasteiger partial charge < -0.3 is 9.73 Å². The highest BCUT2D eigenvalue weighted by molar-refractivity contribution is 9.10. The van der Waals surface area contributed by atoms with Gasteiger partial charge in [-0.15, -0.1) is 5.10 Å². The van der Waals surface area contributed by atoms with Crippen LogP contribution in [0.2, 0.25) is 0 Å². The van der Waals surface area contributed by atoms with E-state index in [1.165, 1.54) is 0 Å². The molecule has 0 radical (unpaired) electrons. The molecule has 7 rings (SSSR count). The second-order valence-electron chi connectivity index (χ2n) is 9.79. The number of thioether (sulfide) groups is 1. The van der Waals surface area contributed by atoms with Gasteiger partial charge in [-0.25, -0.2) is 9.67 Å². The zero-order valence-electron chi connectivity index (χ0n) is 21.4. The molecule has 2 aliphatic rings. The highest BCUT2D eigenvalue weighted by atomic mass is 79.9. The van der Waals surface area contributed by atoms with Crippen LogP contribution in [0.5, 0.6) is 0 Å². The smallest absolute Gasteiger partial charge is 0.227 e. The summed E-state index contributed by atoms with van der Waals surface area (Å²) >= 11 is 5.09. The topological polar surface area (TPSA) is 85.8 Å². The van der Waals surface area contributed by atoms with E-state index in [1.54, 1.807) is 18.0 Å². The number of hydrogen-bond acceptors (Lipinski definition) is 7. The molecule has 0 bridgehead atoms. The number of fused-ring (bicyclic) bond motifs is 1. The number of nitrogens with zero attached hydrogens (tertiary/aromatic N) is 4.